The second-order valence-electron chi connectivity index (χ2n) is 8.51. The Kier molecular flexibility index (Phi) is 8.61. The van der Waals surface area contributed by atoms with E-state index in [4.69, 9.17) is 0 Å². The van der Waals surface area contributed by atoms with Crippen molar-refractivity contribution in [3.63, 3.8) is 0 Å². The van der Waals surface area contributed by atoms with Crippen molar-refractivity contribution in [1.82, 2.24) is 0 Å². The molecule has 0 amide bonds. The minimum Gasteiger partial charge on any atom is -0.428 e. The van der Waals surface area contributed by atoms with E-state index in [0.29, 0.717) is 17.4 Å². The van der Waals surface area contributed by atoms with Crippen LogP contribution >= 0.6 is 0 Å². The molecule has 0 radical (unpaired) electrons. The Morgan fingerprint density at radius 2 is 1.59 bits per heavy atom. The van der Waals surface area contributed by atoms with Crippen molar-refractivity contribution >= 4 is 0 Å². The molecule has 3 rings (SSSR count). The average molecular weight is 447 g/mol. The Balaban J connectivity index is 1.48. The Bertz CT molecular complexity index is 886. The Morgan fingerprint density at radius 3 is 2.19 bits per heavy atom. The molecular weight excluding hydrogens is 416 g/mol. The maximum Gasteiger partial charge on any atom is 0.461 e. The fraction of sp³-hybridized carbons (Fsp3) is 0.481. The first-order valence-electron chi connectivity index (χ1n) is 11.4. The lowest BCUT2D eigenvalue weighted by Gasteiger charge is -2.26. The number of rotatable bonds is 8. The van der Waals surface area contributed by atoms with E-state index in [9.17, 15) is 17.6 Å². The summed E-state index contributed by atoms with van der Waals surface area (Å²) in [5, 5.41) is 0. The van der Waals surface area contributed by atoms with Crippen molar-refractivity contribution < 1.29 is 22.3 Å². The van der Waals surface area contributed by atoms with Gasteiger partial charge in [0.15, 0.2) is 0 Å². The van der Waals surface area contributed by atoms with Gasteiger partial charge in [-0.05, 0) is 79.8 Å². The molecule has 32 heavy (non-hydrogen) atoms. The van der Waals surface area contributed by atoms with E-state index in [1.807, 2.05) is 0 Å². The Morgan fingerprint density at radius 1 is 0.938 bits per heavy atom. The van der Waals surface area contributed by atoms with Crippen molar-refractivity contribution in [1.29, 1.82) is 0 Å². The van der Waals surface area contributed by atoms with Gasteiger partial charge in [0.2, 0.25) is 0 Å². The lowest BCUT2D eigenvalue weighted by molar-refractivity contribution is -0.253. The van der Waals surface area contributed by atoms with Gasteiger partial charge in [0.25, 0.3) is 0 Å². The summed E-state index contributed by atoms with van der Waals surface area (Å²) in [5.41, 5.74) is 3.47. The predicted molar refractivity (Wildman–Crippen MR) is 119 cm³/mol. The van der Waals surface area contributed by atoms with Crippen LogP contribution in [-0.2, 0) is 6.42 Å². The summed E-state index contributed by atoms with van der Waals surface area (Å²) >= 11 is 0. The summed E-state index contributed by atoms with van der Waals surface area (Å²) in [6, 6.07) is 14.6. The molecule has 0 bridgehead atoms. The molecule has 0 aromatic heterocycles. The number of unbranched alkanes of at least 4 members (excludes halogenated alkanes) is 2. The third-order valence-electron chi connectivity index (χ3n) is 6.03. The van der Waals surface area contributed by atoms with Gasteiger partial charge in [-0.2, -0.15) is 17.6 Å². The third kappa shape index (κ3) is 7.02. The van der Waals surface area contributed by atoms with Crippen LogP contribution in [0.4, 0.5) is 17.6 Å². The number of hydrogen-bond acceptors (Lipinski definition) is 1. The number of hydrogen-bond donors (Lipinski definition) is 0. The standard InChI is InChI=1S/C27H30F4O/c1-2-3-4-5-20-8-14-23(15-9-20)24-16-10-21(11-17-24)6-7-22-12-18-25(19-13-22)32-27(30,31)26(28)29/h8-9,12-15,18-19,21,24,26H,2-5,10-11,16-17H2,1H3/t21-,24-. The maximum atomic E-state index is 13.0. The first-order chi connectivity index (χ1) is 15.4. The fourth-order valence-electron chi connectivity index (χ4n) is 4.10. The molecule has 2 aromatic rings. The number of alkyl halides is 4. The molecule has 0 saturated heterocycles. The Labute approximate surface area is 188 Å². The summed E-state index contributed by atoms with van der Waals surface area (Å²) in [5.74, 6) is 6.92. The molecule has 1 fully saturated rings. The van der Waals surface area contributed by atoms with E-state index in [2.05, 4.69) is 47.8 Å². The molecule has 1 aliphatic rings. The van der Waals surface area contributed by atoms with Crippen molar-refractivity contribution in [2.75, 3.05) is 0 Å². The third-order valence-corrected chi connectivity index (χ3v) is 6.03. The minimum atomic E-state index is -4.50. The molecule has 0 heterocycles. The smallest absolute Gasteiger partial charge is 0.428 e. The highest BCUT2D eigenvalue weighted by Gasteiger charge is 2.43. The number of ether oxygens (including phenoxy) is 1. The van der Waals surface area contributed by atoms with Crippen molar-refractivity contribution in [3.8, 4) is 17.6 Å². The highest BCUT2D eigenvalue weighted by Crippen LogP contribution is 2.35. The zero-order valence-corrected chi connectivity index (χ0v) is 18.4. The van der Waals surface area contributed by atoms with Crippen LogP contribution in [0.25, 0.3) is 0 Å². The van der Waals surface area contributed by atoms with Crippen LogP contribution in [0.3, 0.4) is 0 Å². The van der Waals surface area contributed by atoms with Gasteiger partial charge in [-0.1, -0.05) is 55.9 Å². The van der Waals surface area contributed by atoms with Crippen LogP contribution in [0.2, 0.25) is 0 Å². The normalized spacial score (nSPS) is 18.8. The first kappa shape index (κ1) is 24.2. The van der Waals surface area contributed by atoms with Crippen molar-refractivity contribution in [2.24, 2.45) is 5.92 Å². The van der Waals surface area contributed by atoms with Gasteiger partial charge < -0.3 is 4.74 Å². The highest BCUT2D eigenvalue weighted by atomic mass is 19.3. The number of benzene rings is 2. The van der Waals surface area contributed by atoms with E-state index in [0.717, 1.165) is 32.1 Å². The van der Waals surface area contributed by atoms with Crippen LogP contribution in [-0.4, -0.2) is 12.5 Å². The van der Waals surface area contributed by atoms with Crippen LogP contribution in [0.1, 0.15) is 74.5 Å². The maximum absolute atomic E-state index is 13.0. The van der Waals surface area contributed by atoms with E-state index < -0.39 is 12.5 Å². The molecule has 172 valence electrons. The molecule has 1 saturated carbocycles. The van der Waals surface area contributed by atoms with Crippen molar-refractivity contribution in [3.05, 3.63) is 65.2 Å². The second-order valence-corrected chi connectivity index (χ2v) is 8.51. The monoisotopic (exact) mass is 446 g/mol. The van der Waals surface area contributed by atoms with E-state index in [-0.39, 0.29) is 5.75 Å². The van der Waals surface area contributed by atoms with Gasteiger partial charge in [-0.15, -0.1) is 0 Å². The van der Waals surface area contributed by atoms with E-state index in [1.165, 1.54) is 54.7 Å². The molecule has 5 heteroatoms. The SMILES string of the molecule is CCCCCc1ccc([C@H]2CC[C@H](C#Cc3ccc(OC(F)(F)C(F)F)cc3)CC2)cc1. The molecule has 0 spiro atoms. The molecular formula is C27H30F4O. The fourth-order valence-corrected chi connectivity index (χ4v) is 4.10. The average Bonchev–Trinajstić information content (AvgIpc) is 2.79. The quantitative estimate of drug-likeness (QED) is 0.227. The van der Waals surface area contributed by atoms with Gasteiger partial charge in [0.05, 0.1) is 0 Å². The molecule has 1 nitrogen and oxygen atoms in total. The van der Waals surface area contributed by atoms with Crippen LogP contribution in [0.5, 0.6) is 5.75 Å². The van der Waals surface area contributed by atoms with Gasteiger partial charge >= 0.3 is 12.5 Å². The molecule has 0 N–H and O–H groups in total. The molecule has 0 unspecified atom stereocenters. The zero-order chi connectivity index (χ0) is 23.0. The van der Waals surface area contributed by atoms with Crippen LogP contribution < -0.4 is 4.74 Å². The number of halogens is 4. The minimum absolute atomic E-state index is 0.304. The molecule has 2 aromatic carbocycles. The zero-order valence-electron chi connectivity index (χ0n) is 18.4. The van der Waals surface area contributed by atoms with Gasteiger partial charge in [0.1, 0.15) is 5.75 Å². The highest BCUT2D eigenvalue weighted by molar-refractivity contribution is 5.39. The molecule has 0 aliphatic heterocycles. The summed E-state index contributed by atoms with van der Waals surface area (Å²) in [6.07, 6.45) is 0.796. The summed E-state index contributed by atoms with van der Waals surface area (Å²) in [7, 11) is 0. The van der Waals surface area contributed by atoms with E-state index >= 15 is 0 Å². The Hall–Kier alpha value is -2.48. The largest absolute Gasteiger partial charge is 0.461 e. The molecule has 1 aliphatic carbocycles. The summed E-state index contributed by atoms with van der Waals surface area (Å²) < 4.78 is 54.4. The van der Waals surface area contributed by atoms with Crippen LogP contribution in [0, 0.1) is 17.8 Å². The van der Waals surface area contributed by atoms with Gasteiger partial charge in [-0.3, -0.25) is 0 Å². The predicted octanol–water partition coefficient (Wildman–Crippen LogP) is 7.98. The second kappa shape index (κ2) is 11.4. The lowest BCUT2D eigenvalue weighted by atomic mass is 9.78. The lowest BCUT2D eigenvalue weighted by Crippen LogP contribution is -2.33. The summed E-state index contributed by atoms with van der Waals surface area (Å²) in [6.45, 7) is 2.22. The molecule has 0 atom stereocenters. The van der Waals surface area contributed by atoms with Gasteiger partial charge in [0, 0.05) is 11.5 Å². The van der Waals surface area contributed by atoms with E-state index in [1.54, 1.807) is 0 Å². The summed E-state index contributed by atoms with van der Waals surface area (Å²) in [4.78, 5) is 0. The van der Waals surface area contributed by atoms with Crippen LogP contribution in [0.15, 0.2) is 48.5 Å². The number of aryl methyl sites for hydroxylation is 1. The topological polar surface area (TPSA) is 9.23 Å². The first-order valence-corrected chi connectivity index (χ1v) is 11.4. The van der Waals surface area contributed by atoms with Gasteiger partial charge in [-0.25, -0.2) is 0 Å². The van der Waals surface area contributed by atoms with Crippen molar-refractivity contribution in [2.45, 2.75) is 76.7 Å².